The van der Waals surface area contributed by atoms with Gasteiger partial charge < -0.3 is 25.8 Å². The molecule has 0 aliphatic heterocycles. The first-order valence-electron chi connectivity index (χ1n) is 13.8. The third-order valence-electron chi connectivity index (χ3n) is 7.69. The van der Waals surface area contributed by atoms with E-state index < -0.39 is 41.5 Å². The van der Waals surface area contributed by atoms with Gasteiger partial charge in [0.05, 0.1) is 5.69 Å². The second kappa shape index (κ2) is 12.7. The number of carbonyl (C=O) groups is 3. The number of ether oxygens (including phenoxy) is 1. The lowest BCUT2D eigenvalue weighted by Crippen LogP contribution is -2.52. The molecule has 1 aliphatic carbocycles. The van der Waals surface area contributed by atoms with Crippen molar-refractivity contribution < 1.29 is 37.4 Å². The number of anilines is 2. The molecule has 2 aromatic carbocycles. The number of aliphatic carboxylic acids is 1. The third kappa shape index (κ3) is 7.86. The maximum atomic E-state index is 13.6. The molecule has 1 heterocycles. The average molecular weight is 618 g/mol. The fraction of sp³-hybridized carbons (Fsp3) is 0.387. The van der Waals surface area contributed by atoms with Crippen LogP contribution >= 0.6 is 11.3 Å². The minimum Gasteiger partial charge on any atom is -0.480 e. The molecule has 43 heavy (non-hydrogen) atoms. The Bertz CT molecular complexity index is 1490. The summed E-state index contributed by atoms with van der Waals surface area (Å²) < 4.78 is 41.8. The number of nitrogens with one attached hydrogen (secondary N) is 3. The smallest absolute Gasteiger partial charge is 0.480 e. The van der Waals surface area contributed by atoms with E-state index in [-0.39, 0.29) is 10.6 Å². The van der Waals surface area contributed by atoms with Gasteiger partial charge in [0.25, 0.3) is 5.91 Å². The maximum absolute atomic E-state index is 13.6. The molecule has 8 nitrogen and oxygen atoms in total. The summed E-state index contributed by atoms with van der Waals surface area (Å²) >= 11 is 0.985. The first-order valence-corrected chi connectivity index (χ1v) is 14.7. The Morgan fingerprint density at radius 2 is 1.56 bits per heavy atom. The number of thiophene rings is 1. The highest BCUT2D eigenvalue weighted by Gasteiger charge is 2.41. The summed E-state index contributed by atoms with van der Waals surface area (Å²) in [5, 5.41) is 18.3. The number of hydrogen-bond donors (Lipinski definition) is 4. The molecule has 1 aliphatic rings. The number of hydrogen-bond acceptors (Lipinski definition) is 5. The second-order valence-corrected chi connectivity index (χ2v) is 12.3. The van der Waals surface area contributed by atoms with Crippen molar-refractivity contribution in [3.8, 4) is 16.2 Å². The van der Waals surface area contributed by atoms with Crippen LogP contribution in [0.4, 0.5) is 29.3 Å². The molecule has 4 rings (SSSR count). The van der Waals surface area contributed by atoms with Crippen LogP contribution in [0.2, 0.25) is 0 Å². The lowest BCUT2D eigenvalue weighted by Gasteiger charge is -2.38. The van der Waals surface area contributed by atoms with E-state index >= 15 is 0 Å². The van der Waals surface area contributed by atoms with Gasteiger partial charge in [-0.25, -0.2) is 9.59 Å². The predicted octanol–water partition coefficient (Wildman–Crippen LogP) is 8.04. The van der Waals surface area contributed by atoms with Gasteiger partial charge in [0.1, 0.15) is 16.7 Å². The van der Waals surface area contributed by atoms with Gasteiger partial charge >= 0.3 is 18.4 Å². The predicted molar refractivity (Wildman–Crippen MR) is 160 cm³/mol. The van der Waals surface area contributed by atoms with Crippen molar-refractivity contribution in [3.05, 3.63) is 64.0 Å². The van der Waals surface area contributed by atoms with E-state index in [2.05, 4.69) is 20.7 Å². The van der Waals surface area contributed by atoms with Crippen LogP contribution in [0.1, 0.15) is 65.4 Å². The molecule has 4 N–H and O–H groups in total. The van der Waals surface area contributed by atoms with Crippen molar-refractivity contribution >= 4 is 40.6 Å². The lowest BCUT2D eigenvalue weighted by molar-refractivity contribution is -0.274. The fourth-order valence-corrected chi connectivity index (χ4v) is 6.66. The molecule has 0 unspecified atom stereocenters. The van der Waals surface area contributed by atoms with Gasteiger partial charge in [-0.15, -0.1) is 24.5 Å². The van der Waals surface area contributed by atoms with Crippen LogP contribution in [0.3, 0.4) is 0 Å². The zero-order chi connectivity index (χ0) is 31.5. The summed E-state index contributed by atoms with van der Waals surface area (Å²) in [6.45, 7) is 7.53. The molecule has 0 saturated heterocycles. The number of amides is 3. The number of urea groups is 1. The summed E-state index contributed by atoms with van der Waals surface area (Å²) in [4.78, 5) is 39.6. The van der Waals surface area contributed by atoms with Crippen molar-refractivity contribution in [3.63, 3.8) is 0 Å². The number of carboxylic acids is 1. The number of carbonyl (C=O) groups excluding carboxylic acids is 2. The largest absolute Gasteiger partial charge is 0.573 e. The summed E-state index contributed by atoms with van der Waals surface area (Å²) in [5.41, 5.74) is 3.31. The minimum atomic E-state index is -4.84. The lowest BCUT2D eigenvalue weighted by atomic mass is 9.70. The van der Waals surface area contributed by atoms with E-state index in [9.17, 15) is 32.7 Å². The van der Waals surface area contributed by atoms with E-state index in [0.29, 0.717) is 29.0 Å². The molecule has 3 amide bonds. The second-order valence-electron chi connectivity index (χ2n) is 11.2. The molecule has 0 spiro atoms. The molecule has 230 valence electrons. The van der Waals surface area contributed by atoms with Crippen LogP contribution in [0.5, 0.6) is 5.75 Å². The third-order valence-corrected chi connectivity index (χ3v) is 8.87. The van der Waals surface area contributed by atoms with E-state index in [1.165, 1.54) is 18.2 Å². The first-order chi connectivity index (χ1) is 20.1. The molecular weight excluding hydrogens is 583 g/mol. The highest BCUT2D eigenvalue weighted by Crippen LogP contribution is 2.40. The first kappa shape index (κ1) is 31.9. The Hall–Kier alpha value is -4.06. The van der Waals surface area contributed by atoms with Crippen LogP contribution in [-0.4, -0.2) is 35.4 Å². The minimum absolute atomic E-state index is 0.0591. The molecule has 1 fully saturated rings. The zero-order valence-corrected chi connectivity index (χ0v) is 25.1. The van der Waals surface area contributed by atoms with Gasteiger partial charge in [-0.3, -0.25) is 4.79 Å². The van der Waals surface area contributed by atoms with Crippen LogP contribution < -0.4 is 20.7 Å². The molecule has 3 aromatic rings. The van der Waals surface area contributed by atoms with Crippen LogP contribution in [-0.2, 0) is 4.79 Å². The van der Waals surface area contributed by atoms with Crippen molar-refractivity contribution in [1.29, 1.82) is 0 Å². The Morgan fingerprint density at radius 1 is 0.953 bits per heavy atom. The standard InChI is InChI=1S/C31H34F3N3O5S/c1-17-14-18(2)24(19(3)15-17)36-29(41)35-22-16-23(20-8-10-21(11-9-20)42-31(32,33)34)43-25(22)27(38)37-26(28(39)40)30(4)12-6-5-7-13-30/h8-11,14-16,26H,5-7,12-13H2,1-4H3,(H,37,38)(H,39,40)(H2,35,36,41)/t26-/m1/s1. The summed E-state index contributed by atoms with van der Waals surface area (Å²) in [5.74, 6) is -2.23. The van der Waals surface area contributed by atoms with Gasteiger partial charge in [-0.05, 0) is 86.1 Å². The zero-order valence-electron chi connectivity index (χ0n) is 24.3. The maximum Gasteiger partial charge on any atom is 0.573 e. The Labute approximate surface area is 251 Å². The van der Waals surface area contributed by atoms with E-state index in [1.807, 2.05) is 39.8 Å². The molecule has 1 atom stereocenters. The van der Waals surface area contributed by atoms with E-state index in [0.717, 1.165) is 59.4 Å². The van der Waals surface area contributed by atoms with Crippen molar-refractivity contribution in [2.24, 2.45) is 5.41 Å². The van der Waals surface area contributed by atoms with Crippen LogP contribution in [0.15, 0.2) is 42.5 Å². The Kier molecular flexibility index (Phi) is 9.38. The summed E-state index contributed by atoms with van der Waals surface area (Å²) in [6.07, 6.45) is -0.829. The van der Waals surface area contributed by atoms with E-state index in [1.54, 1.807) is 0 Å². The molecule has 1 aromatic heterocycles. The van der Waals surface area contributed by atoms with Crippen LogP contribution in [0, 0.1) is 26.2 Å². The van der Waals surface area contributed by atoms with Crippen LogP contribution in [0.25, 0.3) is 10.4 Å². The highest BCUT2D eigenvalue weighted by molar-refractivity contribution is 7.18. The topological polar surface area (TPSA) is 117 Å². The van der Waals surface area contributed by atoms with Crippen molar-refractivity contribution in [2.45, 2.75) is 72.2 Å². The molecule has 12 heteroatoms. The number of aryl methyl sites for hydroxylation is 3. The van der Waals surface area contributed by atoms with Gasteiger partial charge in [-0.2, -0.15) is 0 Å². The summed E-state index contributed by atoms with van der Waals surface area (Å²) in [7, 11) is 0. The molecular formula is C31H34F3N3O5S. The van der Waals surface area contributed by atoms with E-state index in [4.69, 9.17) is 0 Å². The number of alkyl halides is 3. The monoisotopic (exact) mass is 617 g/mol. The number of carboxylic acid groups (broad SMARTS) is 1. The highest BCUT2D eigenvalue weighted by atomic mass is 32.1. The number of rotatable bonds is 8. The normalized spacial score (nSPS) is 15.3. The quantitative estimate of drug-likeness (QED) is 0.204. The Balaban J connectivity index is 1.65. The van der Waals surface area contributed by atoms with Crippen molar-refractivity contribution in [2.75, 3.05) is 10.6 Å². The van der Waals surface area contributed by atoms with Crippen molar-refractivity contribution in [1.82, 2.24) is 5.32 Å². The average Bonchev–Trinajstić information content (AvgIpc) is 3.32. The van der Waals surface area contributed by atoms with Gasteiger partial charge in [0, 0.05) is 10.6 Å². The summed E-state index contributed by atoms with van der Waals surface area (Å²) in [6, 6.07) is 8.72. The molecule has 1 saturated carbocycles. The molecule has 0 radical (unpaired) electrons. The van der Waals surface area contributed by atoms with Gasteiger partial charge in [-0.1, -0.05) is 43.9 Å². The van der Waals surface area contributed by atoms with Gasteiger partial charge in [0.2, 0.25) is 0 Å². The molecule has 0 bridgehead atoms. The number of benzene rings is 2. The fourth-order valence-electron chi connectivity index (χ4n) is 5.64. The SMILES string of the molecule is Cc1cc(C)c(NC(=O)Nc2cc(-c3ccc(OC(F)(F)F)cc3)sc2C(=O)N[C@H](C(=O)O)C2(C)CCCCC2)c(C)c1. The van der Waals surface area contributed by atoms with Gasteiger partial charge in [0.15, 0.2) is 0 Å². The Morgan fingerprint density at radius 3 is 2.12 bits per heavy atom. The number of halogens is 3.